The Labute approximate surface area is 194 Å². The van der Waals surface area contributed by atoms with Crippen molar-refractivity contribution in [3.8, 4) is 0 Å². The second kappa shape index (κ2) is 11.1. The van der Waals surface area contributed by atoms with Crippen molar-refractivity contribution >= 4 is 23.7 Å². The van der Waals surface area contributed by atoms with Crippen molar-refractivity contribution in [2.75, 3.05) is 13.1 Å². The van der Waals surface area contributed by atoms with Crippen LogP contribution in [0.25, 0.3) is 0 Å². The molecule has 0 atom stereocenters. The zero-order valence-corrected chi connectivity index (χ0v) is 18.8. The van der Waals surface area contributed by atoms with Gasteiger partial charge in [0.2, 0.25) is 0 Å². The third-order valence-corrected chi connectivity index (χ3v) is 6.32. The van der Waals surface area contributed by atoms with E-state index < -0.39 is 0 Å². The quantitative estimate of drug-likeness (QED) is 0.382. The van der Waals surface area contributed by atoms with Gasteiger partial charge in [-0.2, -0.15) is 5.10 Å². The lowest BCUT2D eigenvalue weighted by Crippen LogP contribution is -2.33. The van der Waals surface area contributed by atoms with Gasteiger partial charge in [-0.3, -0.25) is 9.69 Å². The fraction of sp³-hybridized carbons (Fsp3) is 0.259. The predicted molar refractivity (Wildman–Crippen MR) is 131 cm³/mol. The van der Waals surface area contributed by atoms with E-state index in [1.165, 1.54) is 30.4 Å². The highest BCUT2D eigenvalue weighted by molar-refractivity contribution is 6.33. The molecule has 1 aliphatic heterocycles. The molecule has 3 aromatic carbocycles. The van der Waals surface area contributed by atoms with Crippen LogP contribution < -0.4 is 5.43 Å². The van der Waals surface area contributed by atoms with E-state index in [1.54, 1.807) is 12.3 Å². The second-order valence-electron chi connectivity index (χ2n) is 8.33. The van der Waals surface area contributed by atoms with Crippen LogP contribution >= 0.6 is 11.6 Å². The molecule has 0 aliphatic carbocycles. The summed E-state index contributed by atoms with van der Waals surface area (Å²) < 4.78 is 0. The maximum atomic E-state index is 12.3. The van der Waals surface area contributed by atoms with Gasteiger partial charge in [0.15, 0.2) is 0 Å². The number of hydrogen-bond acceptors (Lipinski definition) is 3. The van der Waals surface area contributed by atoms with E-state index in [4.69, 9.17) is 11.6 Å². The van der Waals surface area contributed by atoms with Crippen LogP contribution in [-0.2, 0) is 13.0 Å². The smallest absolute Gasteiger partial charge is 0.271 e. The molecular formula is C27H28ClN3O. The van der Waals surface area contributed by atoms with Crippen LogP contribution in [0.4, 0.5) is 0 Å². The molecule has 0 unspecified atom stereocenters. The molecule has 164 valence electrons. The van der Waals surface area contributed by atoms with Crippen molar-refractivity contribution in [2.45, 2.75) is 25.8 Å². The number of benzene rings is 3. The van der Waals surface area contributed by atoms with Crippen molar-refractivity contribution in [3.05, 3.63) is 106 Å². The number of hydrogen-bond donors (Lipinski definition) is 1. The Morgan fingerprint density at radius 2 is 1.62 bits per heavy atom. The number of nitrogens with zero attached hydrogens (tertiary/aromatic N) is 2. The van der Waals surface area contributed by atoms with Gasteiger partial charge < -0.3 is 0 Å². The van der Waals surface area contributed by atoms with Crippen LogP contribution in [0.15, 0.2) is 84.0 Å². The summed E-state index contributed by atoms with van der Waals surface area (Å²) >= 11 is 6.09. The predicted octanol–water partition coefficient (Wildman–Crippen LogP) is 5.56. The number of halogens is 1. The lowest BCUT2D eigenvalue weighted by atomic mass is 9.90. The van der Waals surface area contributed by atoms with Gasteiger partial charge in [0.05, 0.1) is 6.21 Å². The largest absolute Gasteiger partial charge is 0.299 e. The zero-order chi connectivity index (χ0) is 22.2. The monoisotopic (exact) mass is 445 g/mol. The van der Waals surface area contributed by atoms with Crippen molar-refractivity contribution in [2.24, 2.45) is 11.0 Å². The van der Waals surface area contributed by atoms with Gasteiger partial charge >= 0.3 is 0 Å². The van der Waals surface area contributed by atoms with E-state index >= 15 is 0 Å². The zero-order valence-electron chi connectivity index (χ0n) is 18.1. The molecule has 4 nitrogen and oxygen atoms in total. The highest BCUT2D eigenvalue weighted by atomic mass is 35.5. The van der Waals surface area contributed by atoms with Crippen molar-refractivity contribution < 1.29 is 4.79 Å². The summed E-state index contributed by atoms with van der Waals surface area (Å²) in [5, 5.41) is 4.61. The molecule has 1 amide bonds. The number of amides is 1. The molecule has 0 aromatic heterocycles. The Bertz CT molecular complexity index is 1040. The molecular weight excluding hydrogens is 418 g/mol. The van der Waals surface area contributed by atoms with Crippen LogP contribution in [0, 0.1) is 5.92 Å². The lowest BCUT2D eigenvalue weighted by Gasteiger charge is -2.32. The van der Waals surface area contributed by atoms with Crippen LogP contribution in [0.2, 0.25) is 5.02 Å². The standard InChI is InChI=1S/C27H28ClN3O/c28-26-9-5-4-8-25(26)19-29-30-27(32)24-12-10-23(11-13-24)20-31-16-14-22(15-17-31)18-21-6-2-1-3-7-21/h1-13,19,22H,14-18,20H2,(H,30,32)/b29-19-. The molecule has 5 heteroatoms. The number of nitrogens with one attached hydrogen (secondary N) is 1. The van der Waals surface area contributed by atoms with Crippen molar-refractivity contribution in [3.63, 3.8) is 0 Å². The van der Waals surface area contributed by atoms with Crippen LogP contribution in [0.3, 0.4) is 0 Å². The average Bonchev–Trinajstić information content (AvgIpc) is 2.83. The van der Waals surface area contributed by atoms with E-state index in [1.807, 2.05) is 42.5 Å². The first-order chi connectivity index (χ1) is 15.7. The first-order valence-electron chi connectivity index (χ1n) is 11.1. The minimum Gasteiger partial charge on any atom is -0.299 e. The van der Waals surface area contributed by atoms with Crippen molar-refractivity contribution in [1.29, 1.82) is 0 Å². The first kappa shape index (κ1) is 22.3. The summed E-state index contributed by atoms with van der Waals surface area (Å²) in [7, 11) is 0. The summed E-state index contributed by atoms with van der Waals surface area (Å²) in [5.74, 6) is 0.535. The molecule has 1 N–H and O–H groups in total. The number of hydrazone groups is 1. The summed E-state index contributed by atoms with van der Waals surface area (Å²) in [6.45, 7) is 3.16. The normalized spacial score (nSPS) is 15.2. The Hall–Kier alpha value is -2.95. The van der Waals surface area contributed by atoms with Crippen LogP contribution in [0.1, 0.15) is 39.9 Å². The highest BCUT2D eigenvalue weighted by Crippen LogP contribution is 2.23. The Morgan fingerprint density at radius 3 is 2.34 bits per heavy atom. The number of rotatable bonds is 7. The molecule has 3 aromatic rings. The molecule has 0 radical (unpaired) electrons. The van der Waals surface area contributed by atoms with Gasteiger partial charge in [-0.15, -0.1) is 0 Å². The summed E-state index contributed by atoms with van der Waals surface area (Å²) in [4.78, 5) is 14.8. The van der Waals surface area contributed by atoms with Crippen molar-refractivity contribution in [1.82, 2.24) is 10.3 Å². The molecule has 0 spiro atoms. The third kappa shape index (κ3) is 6.28. The molecule has 0 bridgehead atoms. The minimum absolute atomic E-state index is 0.235. The van der Waals surface area contributed by atoms with Gasteiger partial charge in [0.25, 0.3) is 5.91 Å². The maximum absolute atomic E-state index is 12.3. The number of likely N-dealkylation sites (tertiary alicyclic amines) is 1. The third-order valence-electron chi connectivity index (χ3n) is 5.97. The van der Waals surface area contributed by atoms with Crippen LogP contribution in [0.5, 0.6) is 0 Å². The summed E-state index contributed by atoms with van der Waals surface area (Å²) in [5.41, 5.74) is 6.58. The van der Waals surface area contributed by atoms with E-state index in [2.05, 4.69) is 45.8 Å². The molecule has 1 heterocycles. The van der Waals surface area contributed by atoms with Gasteiger partial charge in [-0.05, 0) is 67.6 Å². The first-order valence-corrected chi connectivity index (χ1v) is 11.5. The fourth-order valence-electron chi connectivity index (χ4n) is 4.12. The summed E-state index contributed by atoms with van der Waals surface area (Å²) in [6, 6.07) is 25.9. The number of piperidine rings is 1. The molecule has 4 rings (SSSR count). The van der Waals surface area contributed by atoms with Gasteiger partial charge in [-0.25, -0.2) is 5.43 Å². The number of carbonyl (C=O) groups is 1. The maximum Gasteiger partial charge on any atom is 0.271 e. The topological polar surface area (TPSA) is 44.7 Å². The Balaban J connectivity index is 1.23. The average molecular weight is 446 g/mol. The Kier molecular flexibility index (Phi) is 7.70. The Morgan fingerprint density at radius 1 is 0.938 bits per heavy atom. The fourth-order valence-corrected chi connectivity index (χ4v) is 4.31. The molecule has 1 saturated heterocycles. The minimum atomic E-state index is -0.235. The molecule has 0 saturated carbocycles. The van der Waals surface area contributed by atoms with Gasteiger partial charge in [0, 0.05) is 22.7 Å². The lowest BCUT2D eigenvalue weighted by molar-refractivity contribution is 0.0955. The summed E-state index contributed by atoms with van der Waals surface area (Å²) in [6.07, 6.45) is 5.20. The molecule has 1 fully saturated rings. The van der Waals surface area contributed by atoms with E-state index in [9.17, 15) is 4.79 Å². The molecule has 1 aliphatic rings. The van der Waals surface area contributed by atoms with Crippen LogP contribution in [-0.4, -0.2) is 30.1 Å². The van der Waals surface area contributed by atoms with Gasteiger partial charge in [0.1, 0.15) is 0 Å². The van der Waals surface area contributed by atoms with E-state index in [0.717, 1.165) is 31.1 Å². The van der Waals surface area contributed by atoms with Gasteiger partial charge in [-0.1, -0.05) is 72.3 Å². The highest BCUT2D eigenvalue weighted by Gasteiger charge is 2.19. The second-order valence-corrected chi connectivity index (χ2v) is 8.73. The van der Waals surface area contributed by atoms with E-state index in [-0.39, 0.29) is 5.91 Å². The SMILES string of the molecule is O=C(N/N=C\c1ccccc1Cl)c1ccc(CN2CCC(Cc3ccccc3)CC2)cc1. The van der Waals surface area contributed by atoms with E-state index in [0.29, 0.717) is 10.6 Å². The number of carbonyl (C=O) groups excluding carboxylic acids is 1. The molecule has 32 heavy (non-hydrogen) atoms.